The Morgan fingerprint density at radius 2 is 1.90 bits per heavy atom. The van der Waals surface area contributed by atoms with E-state index in [9.17, 15) is 14.9 Å². The average Bonchev–Trinajstić information content (AvgIpc) is 3.52. The van der Waals surface area contributed by atoms with Crippen LogP contribution in [-0.2, 0) is 4.79 Å². The van der Waals surface area contributed by atoms with Crippen molar-refractivity contribution in [1.29, 1.82) is 5.26 Å². The molecule has 10 nitrogen and oxygen atoms in total. The molecule has 148 valence electrons. The first-order chi connectivity index (χ1) is 14.2. The highest BCUT2D eigenvalue weighted by atomic mass is 16.4. The van der Waals surface area contributed by atoms with Crippen molar-refractivity contribution in [3.63, 3.8) is 0 Å². The zero-order valence-corrected chi connectivity index (χ0v) is 15.3. The largest absolute Gasteiger partial charge is 0.459 e. The highest BCUT2D eigenvalue weighted by Crippen LogP contribution is 2.29. The predicted octanol–water partition coefficient (Wildman–Crippen LogP) is 1.48. The van der Waals surface area contributed by atoms with E-state index >= 15 is 0 Å². The molecule has 2 amide bonds. The summed E-state index contributed by atoms with van der Waals surface area (Å²) in [6, 6.07) is 8.57. The normalized spacial score (nSPS) is 13.9. The van der Waals surface area contributed by atoms with Crippen molar-refractivity contribution < 1.29 is 22.8 Å². The monoisotopic (exact) mass is 395 g/mol. The molecule has 0 atom stereocenters. The number of carbonyl (C=O) groups is 2. The number of amides is 2. The van der Waals surface area contributed by atoms with Crippen LogP contribution in [0.3, 0.4) is 0 Å². The highest BCUT2D eigenvalue weighted by molar-refractivity contribution is 5.94. The molecule has 1 aliphatic heterocycles. The molecular weight excluding hydrogens is 378 g/mol. The summed E-state index contributed by atoms with van der Waals surface area (Å²) < 4.78 is 16.0. The van der Waals surface area contributed by atoms with Crippen LogP contribution in [0.25, 0.3) is 11.7 Å². The molecule has 0 saturated carbocycles. The van der Waals surface area contributed by atoms with Crippen molar-refractivity contribution in [3.05, 3.63) is 48.2 Å². The fraction of sp³-hybridized carbons (Fsp3) is 0.263. The molecule has 10 heteroatoms. The Balaban J connectivity index is 1.34. The zero-order valence-electron chi connectivity index (χ0n) is 15.3. The molecule has 4 heterocycles. The van der Waals surface area contributed by atoms with Gasteiger partial charge in [0.25, 0.3) is 11.8 Å². The topological polar surface area (TPSA) is 129 Å². The number of aromatic nitrogens is 1. The Morgan fingerprint density at radius 3 is 2.55 bits per heavy atom. The van der Waals surface area contributed by atoms with E-state index in [2.05, 4.69) is 10.3 Å². The predicted molar refractivity (Wildman–Crippen MR) is 98.8 cm³/mol. The van der Waals surface area contributed by atoms with Crippen molar-refractivity contribution in [1.82, 2.24) is 15.2 Å². The summed E-state index contributed by atoms with van der Waals surface area (Å²) in [5, 5.41) is 11.9. The number of nitriles is 1. The van der Waals surface area contributed by atoms with Crippen LogP contribution >= 0.6 is 0 Å². The van der Waals surface area contributed by atoms with Gasteiger partial charge < -0.3 is 28.4 Å². The van der Waals surface area contributed by atoms with Crippen molar-refractivity contribution >= 4 is 17.7 Å². The number of piperazine rings is 1. The highest BCUT2D eigenvalue weighted by Gasteiger charge is 2.27. The molecule has 4 rings (SSSR count). The van der Waals surface area contributed by atoms with Crippen LogP contribution in [0, 0.1) is 11.3 Å². The Labute approximate surface area is 165 Å². The number of carbonyl (C=O) groups excluding carboxylic acids is 2. The number of anilines is 1. The molecule has 0 unspecified atom stereocenters. The molecule has 0 aliphatic carbocycles. The van der Waals surface area contributed by atoms with Gasteiger partial charge in [-0.25, -0.2) is 0 Å². The first-order valence-corrected chi connectivity index (χ1v) is 8.95. The summed E-state index contributed by atoms with van der Waals surface area (Å²) in [7, 11) is 0. The van der Waals surface area contributed by atoms with Gasteiger partial charge in [-0.2, -0.15) is 10.2 Å². The molecule has 1 N–H and O–H groups in total. The van der Waals surface area contributed by atoms with Crippen molar-refractivity contribution in [2.24, 2.45) is 0 Å². The van der Waals surface area contributed by atoms with Gasteiger partial charge in [-0.15, -0.1) is 0 Å². The van der Waals surface area contributed by atoms with E-state index in [-0.39, 0.29) is 29.8 Å². The van der Waals surface area contributed by atoms with Crippen LogP contribution in [0.2, 0.25) is 0 Å². The van der Waals surface area contributed by atoms with Crippen LogP contribution in [0.1, 0.15) is 16.2 Å². The van der Waals surface area contributed by atoms with E-state index in [4.69, 9.17) is 13.3 Å². The molecule has 3 aromatic rings. The van der Waals surface area contributed by atoms with E-state index in [0.29, 0.717) is 37.8 Å². The Hall–Kier alpha value is -4.00. The van der Waals surface area contributed by atoms with E-state index in [1.54, 1.807) is 23.1 Å². The number of hydrogen-bond donors (Lipinski definition) is 1. The number of hydrogen-bond acceptors (Lipinski definition) is 8. The van der Waals surface area contributed by atoms with Gasteiger partial charge >= 0.3 is 0 Å². The van der Waals surface area contributed by atoms with Crippen LogP contribution < -0.4 is 10.2 Å². The molecule has 0 radical (unpaired) electrons. The number of nitrogens with one attached hydrogen (secondary N) is 1. The van der Waals surface area contributed by atoms with Crippen molar-refractivity contribution in [2.45, 2.75) is 0 Å². The molecule has 1 fully saturated rings. The summed E-state index contributed by atoms with van der Waals surface area (Å²) in [5.74, 6) is 0.558. The average molecular weight is 395 g/mol. The first kappa shape index (κ1) is 18.4. The summed E-state index contributed by atoms with van der Waals surface area (Å²) in [5.41, 5.74) is 0.168. The third kappa shape index (κ3) is 3.84. The van der Waals surface area contributed by atoms with Gasteiger partial charge in [0.05, 0.1) is 19.1 Å². The second-order valence-electron chi connectivity index (χ2n) is 6.29. The lowest BCUT2D eigenvalue weighted by molar-refractivity contribution is -0.130. The second kappa shape index (κ2) is 7.93. The number of nitrogens with zero attached hydrogens (tertiary/aromatic N) is 4. The standard InChI is InChI=1S/C19H17N5O5/c20-11-13-19(29-18(22-13)15-4-2-10-28-15)24-7-5-23(6-8-24)16(25)12-21-17(26)14-3-1-9-27-14/h1-4,9-10H,5-8,12H2,(H,21,26). The van der Waals surface area contributed by atoms with Gasteiger partial charge in [0.15, 0.2) is 11.5 Å². The maximum atomic E-state index is 12.4. The van der Waals surface area contributed by atoms with Crippen LogP contribution in [-0.4, -0.2) is 54.4 Å². The minimum Gasteiger partial charge on any atom is -0.459 e. The van der Waals surface area contributed by atoms with Gasteiger partial charge in [-0.3, -0.25) is 9.59 Å². The lowest BCUT2D eigenvalue weighted by atomic mass is 10.3. The lowest BCUT2D eigenvalue weighted by Crippen LogP contribution is -2.51. The second-order valence-corrected chi connectivity index (χ2v) is 6.29. The smallest absolute Gasteiger partial charge is 0.287 e. The molecule has 29 heavy (non-hydrogen) atoms. The maximum Gasteiger partial charge on any atom is 0.287 e. The summed E-state index contributed by atoms with van der Waals surface area (Å²) in [4.78, 5) is 31.9. The summed E-state index contributed by atoms with van der Waals surface area (Å²) >= 11 is 0. The molecular formula is C19H17N5O5. The minimum atomic E-state index is -0.437. The van der Waals surface area contributed by atoms with E-state index in [1.165, 1.54) is 18.6 Å². The van der Waals surface area contributed by atoms with Gasteiger partial charge in [0.1, 0.15) is 6.07 Å². The van der Waals surface area contributed by atoms with Crippen molar-refractivity contribution in [2.75, 3.05) is 37.6 Å². The van der Waals surface area contributed by atoms with Gasteiger partial charge in [0.2, 0.25) is 17.5 Å². The van der Waals surface area contributed by atoms with Gasteiger partial charge in [-0.05, 0) is 24.3 Å². The summed E-state index contributed by atoms with van der Waals surface area (Å²) in [6.45, 7) is 1.68. The van der Waals surface area contributed by atoms with Gasteiger partial charge in [-0.1, -0.05) is 0 Å². The quantitative estimate of drug-likeness (QED) is 0.688. The van der Waals surface area contributed by atoms with Crippen LogP contribution in [0.15, 0.2) is 50.0 Å². The molecule has 0 aromatic carbocycles. The minimum absolute atomic E-state index is 0.117. The van der Waals surface area contributed by atoms with E-state index in [0.717, 1.165) is 0 Å². The van der Waals surface area contributed by atoms with E-state index in [1.807, 2.05) is 11.0 Å². The molecule has 3 aromatic heterocycles. The fourth-order valence-corrected chi connectivity index (χ4v) is 3.03. The van der Waals surface area contributed by atoms with Gasteiger partial charge in [0, 0.05) is 26.2 Å². The molecule has 1 aliphatic rings. The van der Waals surface area contributed by atoms with Crippen LogP contribution in [0.5, 0.6) is 0 Å². The number of oxazole rings is 1. The van der Waals surface area contributed by atoms with Crippen LogP contribution in [0.4, 0.5) is 5.88 Å². The summed E-state index contributed by atoms with van der Waals surface area (Å²) in [6.07, 6.45) is 2.90. The molecule has 0 bridgehead atoms. The van der Waals surface area contributed by atoms with E-state index < -0.39 is 5.91 Å². The Bertz CT molecular complexity index is 1020. The molecule has 1 saturated heterocycles. The SMILES string of the molecule is N#Cc1nc(-c2ccco2)oc1N1CCN(C(=O)CNC(=O)c2ccco2)CC1. The third-order valence-electron chi connectivity index (χ3n) is 4.51. The zero-order chi connectivity index (χ0) is 20.2. The molecule has 0 spiro atoms. The van der Waals surface area contributed by atoms with Crippen molar-refractivity contribution in [3.8, 4) is 17.7 Å². The first-order valence-electron chi connectivity index (χ1n) is 8.95. The number of rotatable bonds is 5. The fourth-order valence-electron chi connectivity index (χ4n) is 3.03. The Morgan fingerprint density at radius 1 is 1.14 bits per heavy atom. The Kier molecular flexibility index (Phi) is 5.03. The number of furan rings is 2. The maximum absolute atomic E-state index is 12.4. The third-order valence-corrected chi connectivity index (χ3v) is 4.51. The lowest BCUT2D eigenvalue weighted by Gasteiger charge is -2.34.